The molecule has 0 bridgehead atoms. The number of aryl methyl sites for hydroxylation is 1. The van der Waals surface area contributed by atoms with Gasteiger partial charge in [-0.2, -0.15) is 0 Å². The number of anilines is 1. The molecule has 2 rings (SSSR count). The van der Waals surface area contributed by atoms with E-state index in [0.29, 0.717) is 0 Å². The Hall–Kier alpha value is -2.12. The van der Waals surface area contributed by atoms with E-state index in [0.717, 1.165) is 17.7 Å². The van der Waals surface area contributed by atoms with Gasteiger partial charge in [-0.05, 0) is 31.2 Å². The molecule has 0 unspecified atom stereocenters. The van der Waals surface area contributed by atoms with Crippen LogP contribution in [0.5, 0.6) is 0 Å². The zero-order valence-corrected chi connectivity index (χ0v) is 12.9. The lowest BCUT2D eigenvalue weighted by Gasteiger charge is -2.12. The number of carboxylic acid groups (broad SMARTS) is 1. The summed E-state index contributed by atoms with van der Waals surface area (Å²) in [7, 11) is -4.14. The van der Waals surface area contributed by atoms with Gasteiger partial charge in [0.15, 0.2) is 5.82 Å². The summed E-state index contributed by atoms with van der Waals surface area (Å²) in [5.74, 6) is -2.62. The van der Waals surface area contributed by atoms with Crippen LogP contribution in [0.3, 0.4) is 0 Å². The van der Waals surface area contributed by atoms with Gasteiger partial charge in [-0.3, -0.25) is 4.72 Å². The molecule has 0 atom stereocenters. The van der Waals surface area contributed by atoms with Crippen LogP contribution in [-0.4, -0.2) is 19.5 Å². The van der Waals surface area contributed by atoms with Crippen LogP contribution in [-0.2, 0) is 10.0 Å². The van der Waals surface area contributed by atoms with E-state index in [2.05, 4.69) is 0 Å². The molecule has 0 aliphatic carbocycles. The fourth-order valence-electron chi connectivity index (χ4n) is 1.74. The Morgan fingerprint density at radius 2 is 1.77 bits per heavy atom. The van der Waals surface area contributed by atoms with E-state index in [4.69, 9.17) is 16.7 Å². The molecule has 0 saturated carbocycles. The number of hydrogen-bond acceptors (Lipinski definition) is 3. The van der Waals surface area contributed by atoms with Gasteiger partial charge in [0.25, 0.3) is 10.0 Å². The lowest BCUT2D eigenvalue weighted by Crippen LogP contribution is -2.17. The molecule has 0 radical (unpaired) electrons. The number of halogens is 2. The van der Waals surface area contributed by atoms with Crippen molar-refractivity contribution < 1.29 is 22.7 Å². The maximum atomic E-state index is 14.0. The molecule has 0 spiro atoms. The van der Waals surface area contributed by atoms with Gasteiger partial charge in [0, 0.05) is 0 Å². The third-order valence-corrected chi connectivity index (χ3v) is 4.55. The summed E-state index contributed by atoms with van der Waals surface area (Å²) in [6.07, 6.45) is 0. The molecule has 5 nitrogen and oxygen atoms in total. The summed E-state index contributed by atoms with van der Waals surface area (Å²) in [5.41, 5.74) is -0.378. The molecule has 0 heterocycles. The molecule has 2 aromatic rings. The van der Waals surface area contributed by atoms with Gasteiger partial charge in [-0.25, -0.2) is 17.6 Å². The van der Waals surface area contributed by atoms with Crippen molar-refractivity contribution in [1.29, 1.82) is 0 Å². The molecule has 2 N–H and O–H groups in total. The highest BCUT2D eigenvalue weighted by Gasteiger charge is 2.23. The molecule has 0 amide bonds. The Labute approximate surface area is 131 Å². The van der Waals surface area contributed by atoms with E-state index in [-0.39, 0.29) is 9.92 Å². The van der Waals surface area contributed by atoms with Gasteiger partial charge < -0.3 is 5.11 Å². The predicted octanol–water partition coefficient (Wildman–Crippen LogP) is 3.29. The lowest BCUT2D eigenvalue weighted by atomic mass is 10.2. The average molecular weight is 344 g/mol. The largest absolute Gasteiger partial charge is 0.478 e. The topological polar surface area (TPSA) is 83.5 Å². The molecule has 0 aliphatic rings. The van der Waals surface area contributed by atoms with Crippen molar-refractivity contribution in [2.24, 2.45) is 0 Å². The average Bonchev–Trinajstić information content (AvgIpc) is 2.44. The molecule has 0 fully saturated rings. The summed E-state index contributed by atoms with van der Waals surface area (Å²) in [6, 6.07) is 7.88. The summed E-state index contributed by atoms with van der Waals surface area (Å²) >= 11 is 5.58. The van der Waals surface area contributed by atoms with E-state index in [1.165, 1.54) is 12.1 Å². The van der Waals surface area contributed by atoms with Crippen molar-refractivity contribution in [2.45, 2.75) is 11.8 Å². The van der Waals surface area contributed by atoms with Gasteiger partial charge in [0.05, 0.1) is 15.5 Å². The molecule has 2 aromatic carbocycles. The number of aromatic carboxylic acids is 1. The van der Waals surface area contributed by atoms with Crippen molar-refractivity contribution in [3.63, 3.8) is 0 Å². The highest BCUT2D eigenvalue weighted by atomic mass is 35.5. The van der Waals surface area contributed by atoms with E-state index >= 15 is 0 Å². The normalized spacial score (nSPS) is 11.2. The monoisotopic (exact) mass is 343 g/mol. The van der Waals surface area contributed by atoms with Crippen molar-refractivity contribution in [2.75, 3.05) is 4.72 Å². The second-order valence-corrected chi connectivity index (χ2v) is 6.60. The Kier molecular flexibility index (Phi) is 4.39. The van der Waals surface area contributed by atoms with Crippen molar-refractivity contribution in [3.8, 4) is 0 Å². The highest BCUT2D eigenvalue weighted by Crippen LogP contribution is 2.29. The molecule has 0 aliphatic heterocycles. The molecule has 0 aromatic heterocycles. The van der Waals surface area contributed by atoms with E-state index in [9.17, 15) is 17.6 Å². The number of hydrogen-bond donors (Lipinski definition) is 2. The van der Waals surface area contributed by atoms with E-state index in [1.54, 1.807) is 19.1 Å². The van der Waals surface area contributed by atoms with E-state index < -0.39 is 33.1 Å². The lowest BCUT2D eigenvalue weighted by molar-refractivity contribution is 0.0697. The highest BCUT2D eigenvalue weighted by molar-refractivity contribution is 7.92. The molecular formula is C14H11ClFNO4S. The van der Waals surface area contributed by atoms with Gasteiger partial charge in [-0.15, -0.1) is 0 Å². The van der Waals surface area contributed by atoms with Crippen molar-refractivity contribution in [3.05, 3.63) is 58.4 Å². The Morgan fingerprint density at radius 1 is 1.18 bits per heavy atom. The second kappa shape index (κ2) is 5.94. The van der Waals surface area contributed by atoms with Crippen molar-refractivity contribution >= 4 is 33.3 Å². The number of sulfonamides is 1. The SMILES string of the molecule is Cc1ccc(S(=O)(=O)Nc2c(C(=O)O)ccc(Cl)c2F)cc1. The minimum absolute atomic E-state index is 0.117. The van der Waals surface area contributed by atoms with Gasteiger partial charge in [0.1, 0.15) is 5.69 Å². The van der Waals surface area contributed by atoms with Crippen LogP contribution in [0.2, 0.25) is 5.02 Å². The predicted molar refractivity (Wildman–Crippen MR) is 80.4 cm³/mol. The van der Waals surface area contributed by atoms with Gasteiger partial charge in [-0.1, -0.05) is 29.3 Å². The number of carboxylic acids is 1. The third-order valence-electron chi connectivity index (χ3n) is 2.89. The quantitative estimate of drug-likeness (QED) is 0.892. The minimum atomic E-state index is -4.14. The summed E-state index contributed by atoms with van der Waals surface area (Å²) in [6.45, 7) is 1.78. The first-order chi connectivity index (χ1) is 10.2. The summed E-state index contributed by atoms with van der Waals surface area (Å²) in [4.78, 5) is 11.0. The zero-order valence-electron chi connectivity index (χ0n) is 11.3. The fourth-order valence-corrected chi connectivity index (χ4v) is 2.98. The first-order valence-electron chi connectivity index (χ1n) is 6.03. The van der Waals surface area contributed by atoms with Crippen LogP contribution in [0.15, 0.2) is 41.3 Å². The van der Waals surface area contributed by atoms with Crippen LogP contribution < -0.4 is 4.72 Å². The Morgan fingerprint density at radius 3 is 2.32 bits per heavy atom. The van der Waals surface area contributed by atoms with Gasteiger partial charge >= 0.3 is 5.97 Å². The number of nitrogens with one attached hydrogen (secondary N) is 1. The second-order valence-electron chi connectivity index (χ2n) is 4.51. The van der Waals surface area contributed by atoms with Crippen molar-refractivity contribution in [1.82, 2.24) is 0 Å². The molecule has 8 heteroatoms. The Bertz CT molecular complexity index is 835. The van der Waals surface area contributed by atoms with Crippen LogP contribution in [0.25, 0.3) is 0 Å². The smallest absolute Gasteiger partial charge is 0.337 e. The van der Waals surface area contributed by atoms with Crippen LogP contribution in [0, 0.1) is 12.7 Å². The number of rotatable bonds is 4. The molecule has 22 heavy (non-hydrogen) atoms. The summed E-state index contributed by atoms with van der Waals surface area (Å²) in [5, 5.41) is 8.66. The maximum absolute atomic E-state index is 14.0. The minimum Gasteiger partial charge on any atom is -0.478 e. The molecule has 116 valence electrons. The summed E-state index contributed by atoms with van der Waals surface area (Å²) < 4.78 is 40.4. The first kappa shape index (κ1) is 16.3. The van der Waals surface area contributed by atoms with E-state index in [1.807, 2.05) is 4.72 Å². The maximum Gasteiger partial charge on any atom is 0.337 e. The molecular weight excluding hydrogens is 333 g/mol. The zero-order chi connectivity index (χ0) is 16.5. The van der Waals surface area contributed by atoms with Crippen LogP contribution in [0.1, 0.15) is 15.9 Å². The Balaban J connectivity index is 2.52. The first-order valence-corrected chi connectivity index (χ1v) is 7.89. The standard InChI is InChI=1S/C14H11ClFNO4S/c1-8-2-4-9(5-3-8)22(20,21)17-13-10(14(18)19)6-7-11(15)12(13)16/h2-7,17H,1H3,(H,18,19). The molecule has 0 saturated heterocycles. The van der Waals surface area contributed by atoms with Crippen LogP contribution >= 0.6 is 11.6 Å². The number of carbonyl (C=O) groups is 1. The third kappa shape index (κ3) is 3.20. The van der Waals surface area contributed by atoms with Gasteiger partial charge in [0.2, 0.25) is 0 Å². The van der Waals surface area contributed by atoms with Crippen LogP contribution in [0.4, 0.5) is 10.1 Å². The fraction of sp³-hybridized carbons (Fsp3) is 0.0714. The number of benzene rings is 2.